The van der Waals surface area contributed by atoms with Crippen molar-refractivity contribution in [1.82, 2.24) is 15.1 Å². The topological polar surface area (TPSA) is 56.1 Å². The fourth-order valence-corrected chi connectivity index (χ4v) is 3.92. The lowest BCUT2D eigenvalue weighted by atomic mass is 9.74. The Hall–Kier alpha value is -2.51. The zero-order valence-corrected chi connectivity index (χ0v) is 17.4. The standard InChI is InChI=1S/C22H21BrFN3O2/c23-18-3-7-20(8-4-18)27-14-16(13-26-27)21(28)25-15-22(9-11-29-12-10-22)17-1-5-19(24)6-2-17/h1-8,13-14H,9-12,15H2,(H,25,28). The van der Waals surface area contributed by atoms with E-state index in [1.54, 1.807) is 29.2 Å². The van der Waals surface area contributed by atoms with Gasteiger partial charge in [0, 0.05) is 35.8 Å². The predicted octanol–water partition coefficient (Wildman–Crippen LogP) is 4.25. The number of benzene rings is 2. The van der Waals surface area contributed by atoms with Crippen molar-refractivity contribution >= 4 is 21.8 Å². The van der Waals surface area contributed by atoms with Crippen LogP contribution in [0.3, 0.4) is 0 Å². The first-order valence-electron chi connectivity index (χ1n) is 9.48. The summed E-state index contributed by atoms with van der Waals surface area (Å²) in [5.41, 5.74) is 2.13. The van der Waals surface area contributed by atoms with Crippen molar-refractivity contribution in [1.29, 1.82) is 0 Å². The number of hydrogen-bond donors (Lipinski definition) is 1. The van der Waals surface area contributed by atoms with Crippen LogP contribution in [-0.2, 0) is 10.2 Å². The van der Waals surface area contributed by atoms with E-state index in [4.69, 9.17) is 4.74 Å². The maximum Gasteiger partial charge on any atom is 0.254 e. The first-order chi connectivity index (χ1) is 14.1. The van der Waals surface area contributed by atoms with Crippen LogP contribution in [0.1, 0.15) is 28.8 Å². The molecule has 0 saturated carbocycles. The van der Waals surface area contributed by atoms with Crippen molar-refractivity contribution in [2.24, 2.45) is 0 Å². The van der Waals surface area contributed by atoms with Crippen molar-refractivity contribution in [2.45, 2.75) is 18.3 Å². The molecule has 5 nitrogen and oxygen atoms in total. The van der Waals surface area contributed by atoms with Gasteiger partial charge in [0.25, 0.3) is 5.91 Å². The second-order valence-corrected chi connectivity index (χ2v) is 8.15. The van der Waals surface area contributed by atoms with Gasteiger partial charge in [-0.2, -0.15) is 5.10 Å². The molecular weight excluding hydrogens is 437 g/mol. The summed E-state index contributed by atoms with van der Waals surface area (Å²) in [5, 5.41) is 7.34. The number of halogens is 2. The Bertz CT molecular complexity index is 980. The minimum absolute atomic E-state index is 0.179. The molecule has 1 fully saturated rings. The van der Waals surface area contributed by atoms with Gasteiger partial charge in [-0.15, -0.1) is 0 Å². The number of carbonyl (C=O) groups excluding carboxylic acids is 1. The first kappa shape index (κ1) is 19.8. The smallest absolute Gasteiger partial charge is 0.254 e. The molecule has 2 heterocycles. The van der Waals surface area contributed by atoms with E-state index >= 15 is 0 Å². The fourth-order valence-electron chi connectivity index (χ4n) is 3.66. The van der Waals surface area contributed by atoms with Crippen molar-refractivity contribution in [2.75, 3.05) is 19.8 Å². The molecular formula is C22H21BrFN3O2. The SMILES string of the molecule is O=C(NCC1(c2ccc(F)cc2)CCOCC1)c1cnn(-c2ccc(Br)cc2)c1. The van der Waals surface area contributed by atoms with Crippen LogP contribution in [0.15, 0.2) is 65.4 Å². The van der Waals surface area contributed by atoms with Gasteiger partial charge < -0.3 is 10.1 Å². The molecule has 3 aromatic rings. The van der Waals surface area contributed by atoms with Crippen LogP contribution in [0.2, 0.25) is 0 Å². The number of rotatable bonds is 5. The lowest BCUT2D eigenvalue weighted by Gasteiger charge is -2.38. The molecule has 0 spiro atoms. The molecule has 0 aliphatic carbocycles. The van der Waals surface area contributed by atoms with Gasteiger partial charge >= 0.3 is 0 Å². The van der Waals surface area contributed by atoms with Crippen LogP contribution in [-0.4, -0.2) is 35.4 Å². The van der Waals surface area contributed by atoms with Crippen molar-refractivity contribution in [3.63, 3.8) is 0 Å². The summed E-state index contributed by atoms with van der Waals surface area (Å²) in [6.07, 6.45) is 4.83. The highest BCUT2D eigenvalue weighted by Gasteiger charge is 2.35. The Labute approximate surface area is 177 Å². The number of carbonyl (C=O) groups is 1. The van der Waals surface area contributed by atoms with Crippen LogP contribution >= 0.6 is 15.9 Å². The highest BCUT2D eigenvalue weighted by atomic mass is 79.9. The molecule has 1 aliphatic rings. The monoisotopic (exact) mass is 457 g/mol. The van der Waals surface area contributed by atoms with Crippen LogP contribution in [0.4, 0.5) is 4.39 Å². The molecule has 150 valence electrons. The third-order valence-electron chi connectivity index (χ3n) is 5.43. The van der Waals surface area contributed by atoms with Gasteiger partial charge in [0.1, 0.15) is 5.82 Å². The molecule has 1 amide bonds. The average Bonchev–Trinajstić information content (AvgIpc) is 3.24. The van der Waals surface area contributed by atoms with E-state index in [9.17, 15) is 9.18 Å². The molecule has 4 rings (SSSR count). The van der Waals surface area contributed by atoms with Crippen molar-refractivity contribution < 1.29 is 13.9 Å². The number of ether oxygens (including phenoxy) is 1. The van der Waals surface area contributed by atoms with E-state index in [2.05, 4.69) is 26.3 Å². The first-order valence-corrected chi connectivity index (χ1v) is 10.3. The molecule has 1 N–H and O–H groups in total. The molecule has 7 heteroatoms. The zero-order chi connectivity index (χ0) is 20.3. The largest absolute Gasteiger partial charge is 0.381 e. The summed E-state index contributed by atoms with van der Waals surface area (Å²) in [6, 6.07) is 14.2. The van der Waals surface area contributed by atoms with Crippen LogP contribution in [0, 0.1) is 5.82 Å². The summed E-state index contributed by atoms with van der Waals surface area (Å²) in [4.78, 5) is 12.8. The summed E-state index contributed by atoms with van der Waals surface area (Å²) in [5.74, 6) is -0.443. The Morgan fingerprint density at radius 3 is 2.52 bits per heavy atom. The van der Waals surface area contributed by atoms with Gasteiger partial charge in [-0.25, -0.2) is 9.07 Å². The maximum atomic E-state index is 13.4. The van der Waals surface area contributed by atoms with E-state index in [0.717, 1.165) is 28.6 Å². The molecule has 2 aromatic carbocycles. The Morgan fingerprint density at radius 2 is 1.83 bits per heavy atom. The molecule has 1 aliphatic heterocycles. The fraction of sp³-hybridized carbons (Fsp3) is 0.273. The quantitative estimate of drug-likeness (QED) is 0.622. The van der Waals surface area contributed by atoms with Crippen molar-refractivity contribution in [3.8, 4) is 5.69 Å². The lowest BCUT2D eigenvalue weighted by Crippen LogP contribution is -2.44. The van der Waals surface area contributed by atoms with Crippen molar-refractivity contribution in [3.05, 3.63) is 82.3 Å². The van der Waals surface area contributed by atoms with Gasteiger partial charge in [-0.05, 0) is 54.8 Å². The summed E-state index contributed by atoms with van der Waals surface area (Å²) in [6.45, 7) is 1.70. The minimum atomic E-state index is -0.264. The molecule has 1 aromatic heterocycles. The lowest BCUT2D eigenvalue weighted by molar-refractivity contribution is 0.0487. The highest BCUT2D eigenvalue weighted by molar-refractivity contribution is 9.10. The Kier molecular flexibility index (Phi) is 5.78. The summed E-state index contributed by atoms with van der Waals surface area (Å²) < 4.78 is 21.5. The minimum Gasteiger partial charge on any atom is -0.381 e. The average molecular weight is 458 g/mol. The van der Waals surface area contributed by atoms with E-state index in [1.807, 2.05) is 24.3 Å². The Morgan fingerprint density at radius 1 is 1.14 bits per heavy atom. The van der Waals surface area contributed by atoms with Gasteiger partial charge in [0.15, 0.2) is 0 Å². The molecule has 0 bridgehead atoms. The maximum absolute atomic E-state index is 13.4. The molecule has 0 radical (unpaired) electrons. The van der Waals surface area contributed by atoms with Gasteiger partial charge in [-0.3, -0.25) is 4.79 Å². The highest BCUT2D eigenvalue weighted by Crippen LogP contribution is 2.34. The van der Waals surface area contributed by atoms with E-state index in [0.29, 0.717) is 25.3 Å². The molecule has 29 heavy (non-hydrogen) atoms. The number of aromatic nitrogens is 2. The summed E-state index contributed by atoms with van der Waals surface area (Å²) in [7, 11) is 0. The van der Waals surface area contributed by atoms with Gasteiger partial charge in [0.2, 0.25) is 0 Å². The number of hydrogen-bond acceptors (Lipinski definition) is 3. The van der Waals surface area contributed by atoms with Gasteiger partial charge in [-0.1, -0.05) is 28.1 Å². The number of nitrogens with zero attached hydrogens (tertiary/aromatic N) is 2. The molecule has 0 unspecified atom stereocenters. The predicted molar refractivity (Wildman–Crippen MR) is 112 cm³/mol. The van der Waals surface area contributed by atoms with Crippen LogP contribution in [0.25, 0.3) is 5.69 Å². The third kappa shape index (κ3) is 4.41. The van der Waals surface area contributed by atoms with Gasteiger partial charge in [0.05, 0.1) is 17.4 Å². The second kappa shape index (κ2) is 8.47. The van der Waals surface area contributed by atoms with E-state index in [-0.39, 0.29) is 17.1 Å². The Balaban J connectivity index is 1.48. The third-order valence-corrected chi connectivity index (χ3v) is 5.96. The molecule has 0 atom stereocenters. The zero-order valence-electron chi connectivity index (χ0n) is 15.8. The van der Waals surface area contributed by atoms with E-state index in [1.165, 1.54) is 12.1 Å². The summed E-state index contributed by atoms with van der Waals surface area (Å²) >= 11 is 3.41. The second-order valence-electron chi connectivity index (χ2n) is 7.23. The number of nitrogens with one attached hydrogen (secondary N) is 1. The number of amides is 1. The van der Waals surface area contributed by atoms with Crippen LogP contribution in [0.5, 0.6) is 0 Å². The van der Waals surface area contributed by atoms with E-state index < -0.39 is 0 Å². The normalized spacial score (nSPS) is 15.8. The molecule has 1 saturated heterocycles. The van der Waals surface area contributed by atoms with Crippen LogP contribution < -0.4 is 5.32 Å².